The van der Waals surface area contributed by atoms with Gasteiger partial charge < -0.3 is 19.5 Å². The first-order valence-corrected chi connectivity index (χ1v) is 19.3. The van der Waals surface area contributed by atoms with Crippen LogP contribution in [0, 0.1) is 5.41 Å². The van der Waals surface area contributed by atoms with Gasteiger partial charge in [0.15, 0.2) is 11.9 Å². The molecule has 300 valence electrons. The minimum atomic E-state index is -4.60. The maximum atomic E-state index is 17.3. The minimum Gasteiger partial charge on any atom is -0.490 e. The lowest BCUT2D eigenvalue weighted by molar-refractivity contribution is -0.143. The number of anilines is 1. The number of aromatic nitrogens is 3. The predicted molar refractivity (Wildman–Crippen MR) is 194 cm³/mol. The van der Waals surface area contributed by atoms with Crippen molar-refractivity contribution in [3.05, 3.63) is 75.9 Å². The zero-order valence-corrected chi connectivity index (χ0v) is 31.6. The lowest BCUT2D eigenvalue weighted by Crippen LogP contribution is -2.36. The summed E-state index contributed by atoms with van der Waals surface area (Å²) in [4.78, 5) is 27.7. The van der Waals surface area contributed by atoms with E-state index < -0.39 is 35.9 Å². The molecule has 0 amide bonds. The number of hydrogen-bond donors (Lipinski definition) is 1. The van der Waals surface area contributed by atoms with E-state index in [9.17, 15) is 31.9 Å². The van der Waals surface area contributed by atoms with Gasteiger partial charge in [-0.05, 0) is 92.9 Å². The van der Waals surface area contributed by atoms with Gasteiger partial charge in [0.25, 0.3) is 0 Å². The molecule has 6 rings (SSSR count). The number of aliphatic hydroxyl groups excluding tert-OH is 1. The second-order valence-electron chi connectivity index (χ2n) is 15.9. The number of piperidine rings is 1. The maximum absolute atomic E-state index is 17.3. The van der Waals surface area contributed by atoms with E-state index in [0.29, 0.717) is 105 Å². The second-order valence-corrected chi connectivity index (χ2v) is 15.9. The predicted octanol–water partition coefficient (Wildman–Crippen LogP) is 9.74. The van der Waals surface area contributed by atoms with Crippen molar-refractivity contribution < 1.29 is 45.7 Å². The molecule has 8 nitrogen and oxygen atoms in total. The zero-order valence-electron chi connectivity index (χ0n) is 31.6. The number of pyridine rings is 1. The molecule has 1 saturated carbocycles. The number of carbonyl (C=O) groups is 1. The molecule has 0 spiro atoms. The highest BCUT2D eigenvalue weighted by atomic mass is 19.4. The van der Waals surface area contributed by atoms with Gasteiger partial charge in [0.2, 0.25) is 11.9 Å². The number of fused-ring (bicyclic) bond motifs is 1. The highest BCUT2D eigenvalue weighted by Crippen LogP contribution is 2.52. The molecule has 2 atom stereocenters. The summed E-state index contributed by atoms with van der Waals surface area (Å²) in [7, 11) is 0. The fourth-order valence-corrected chi connectivity index (χ4v) is 8.41. The van der Waals surface area contributed by atoms with Crippen LogP contribution in [0.15, 0.2) is 36.7 Å². The fraction of sp³-hybridized carbons (Fsp3) is 0.610. The second kappa shape index (κ2) is 16.7. The average Bonchev–Trinajstić information content (AvgIpc) is 3.13. The molecule has 2 aromatic heterocycles. The Morgan fingerprint density at radius 3 is 2.25 bits per heavy atom. The molecule has 55 heavy (non-hydrogen) atoms. The van der Waals surface area contributed by atoms with E-state index in [1.165, 1.54) is 0 Å². The Morgan fingerprint density at radius 1 is 0.982 bits per heavy atom. The van der Waals surface area contributed by atoms with E-state index >= 15 is 4.39 Å². The Morgan fingerprint density at radius 2 is 1.64 bits per heavy atom. The minimum absolute atomic E-state index is 0.0103. The number of rotatable bonds is 12. The van der Waals surface area contributed by atoms with Crippen molar-refractivity contribution in [2.45, 2.75) is 128 Å². The van der Waals surface area contributed by atoms with E-state index in [2.05, 4.69) is 9.97 Å². The summed E-state index contributed by atoms with van der Waals surface area (Å²) in [5, 5.41) is 11.6. The SMILES string of the molecule is CCOC(=O)CCCCOc1cnc(N2CCC(c3nc4c(c(C5CCC(F)(F)CC5)c3C(F)c3ccc(C(F)(F)F)cc3)[C@@H](O)CC(C)(C)C4)CC2)nc1. The Balaban J connectivity index is 1.28. The van der Waals surface area contributed by atoms with Crippen molar-refractivity contribution in [1.29, 1.82) is 0 Å². The number of nitrogens with zero attached hydrogens (tertiary/aromatic N) is 4. The van der Waals surface area contributed by atoms with Gasteiger partial charge in [0.1, 0.15) is 0 Å². The van der Waals surface area contributed by atoms with Crippen LogP contribution in [0.3, 0.4) is 0 Å². The summed E-state index contributed by atoms with van der Waals surface area (Å²) in [6, 6.07) is 3.97. The number of benzene rings is 1. The normalized spacial score (nSPS) is 20.8. The molecule has 0 radical (unpaired) electrons. The third-order valence-electron chi connectivity index (χ3n) is 11.2. The highest BCUT2D eigenvalue weighted by Gasteiger charge is 2.44. The molecule has 2 fully saturated rings. The third-order valence-corrected chi connectivity index (χ3v) is 11.2. The van der Waals surface area contributed by atoms with Gasteiger partial charge in [-0.25, -0.2) is 23.1 Å². The molecule has 1 N–H and O–H groups in total. The van der Waals surface area contributed by atoms with Gasteiger partial charge in [-0.2, -0.15) is 13.2 Å². The van der Waals surface area contributed by atoms with Crippen LogP contribution in [0.4, 0.5) is 32.3 Å². The molecule has 14 heteroatoms. The van der Waals surface area contributed by atoms with E-state index in [1.807, 2.05) is 18.7 Å². The molecular weight excluding hydrogens is 726 g/mol. The van der Waals surface area contributed by atoms with Crippen molar-refractivity contribution in [3.8, 4) is 5.75 Å². The number of alkyl halides is 6. The first kappa shape index (κ1) is 40.7. The Hall–Kier alpha value is -3.94. The number of hydrogen-bond acceptors (Lipinski definition) is 8. The summed E-state index contributed by atoms with van der Waals surface area (Å²) in [6.45, 7) is 7.57. The molecule has 3 aromatic rings. The molecule has 1 unspecified atom stereocenters. The monoisotopic (exact) mass is 776 g/mol. The van der Waals surface area contributed by atoms with Crippen LogP contribution in [-0.2, 0) is 22.1 Å². The van der Waals surface area contributed by atoms with Crippen LogP contribution in [0.25, 0.3) is 0 Å². The van der Waals surface area contributed by atoms with E-state index in [-0.39, 0.29) is 54.1 Å². The average molecular weight is 777 g/mol. The van der Waals surface area contributed by atoms with Crippen molar-refractivity contribution >= 4 is 11.9 Å². The first-order chi connectivity index (χ1) is 26.0. The molecule has 1 aliphatic heterocycles. The lowest BCUT2D eigenvalue weighted by atomic mass is 9.68. The number of ether oxygens (including phenoxy) is 2. The van der Waals surface area contributed by atoms with Crippen molar-refractivity contribution in [2.24, 2.45) is 5.41 Å². The summed E-state index contributed by atoms with van der Waals surface area (Å²) in [5.41, 5.74) is 1.11. The molecule has 3 heterocycles. The number of halogens is 6. The van der Waals surface area contributed by atoms with Crippen molar-refractivity contribution in [2.75, 3.05) is 31.2 Å². The number of esters is 1. The largest absolute Gasteiger partial charge is 0.490 e. The zero-order chi connectivity index (χ0) is 39.5. The molecule has 3 aliphatic rings. The molecule has 0 bridgehead atoms. The molecule has 1 saturated heterocycles. The van der Waals surface area contributed by atoms with Gasteiger partial charge in [0, 0.05) is 55.1 Å². The topological polar surface area (TPSA) is 97.7 Å². The van der Waals surface area contributed by atoms with Crippen molar-refractivity contribution in [1.82, 2.24) is 15.0 Å². The van der Waals surface area contributed by atoms with Crippen LogP contribution in [0.5, 0.6) is 5.75 Å². The van der Waals surface area contributed by atoms with Gasteiger partial charge in [0.05, 0.1) is 43.0 Å². The van der Waals surface area contributed by atoms with Crippen molar-refractivity contribution in [3.63, 3.8) is 0 Å². The standard InChI is InChI=1S/C41H50F6N4O4/c1-4-54-32(53)7-5-6-20-55-29-23-48-38(49-24-29)51-18-14-27(15-19-51)37-35(36(42)26-8-10-28(11-9-26)41(45,46)47)33(25-12-16-40(43,44)17-13-25)34-30(50-37)21-39(2,3)22-31(34)52/h8-11,23-25,27,31,36,52H,4-7,12-22H2,1-3H3/t31-,36?/m0/s1. The van der Waals surface area contributed by atoms with E-state index in [0.717, 1.165) is 24.3 Å². The van der Waals surface area contributed by atoms with Crippen LogP contribution >= 0.6 is 0 Å². The van der Waals surface area contributed by atoms with E-state index in [1.54, 1.807) is 19.3 Å². The summed E-state index contributed by atoms with van der Waals surface area (Å²) >= 11 is 0. The van der Waals surface area contributed by atoms with Gasteiger partial charge in [-0.3, -0.25) is 9.78 Å². The lowest BCUT2D eigenvalue weighted by Gasteiger charge is -2.41. The van der Waals surface area contributed by atoms with Crippen LogP contribution in [0.2, 0.25) is 0 Å². The first-order valence-electron chi connectivity index (χ1n) is 19.3. The van der Waals surface area contributed by atoms with Gasteiger partial charge in [-0.1, -0.05) is 26.0 Å². The van der Waals surface area contributed by atoms with Crippen LogP contribution in [0.1, 0.15) is 148 Å². The summed E-state index contributed by atoms with van der Waals surface area (Å²) in [5.74, 6) is -2.82. The van der Waals surface area contributed by atoms with Crippen LogP contribution < -0.4 is 9.64 Å². The smallest absolute Gasteiger partial charge is 0.416 e. The molecular formula is C41H50F6N4O4. The number of aliphatic hydroxyl groups is 1. The molecule has 2 aliphatic carbocycles. The fourth-order valence-electron chi connectivity index (χ4n) is 8.41. The quantitative estimate of drug-likeness (QED) is 0.110. The Labute approximate surface area is 318 Å². The maximum Gasteiger partial charge on any atom is 0.416 e. The van der Waals surface area contributed by atoms with Gasteiger partial charge in [-0.15, -0.1) is 0 Å². The van der Waals surface area contributed by atoms with Crippen LogP contribution in [-0.4, -0.2) is 58.3 Å². The highest BCUT2D eigenvalue weighted by molar-refractivity contribution is 5.69. The summed E-state index contributed by atoms with van der Waals surface area (Å²) < 4.78 is 97.4. The third kappa shape index (κ3) is 9.72. The Bertz CT molecular complexity index is 1770. The summed E-state index contributed by atoms with van der Waals surface area (Å²) in [6.07, 6.45) is -1.29. The van der Waals surface area contributed by atoms with Gasteiger partial charge >= 0.3 is 12.1 Å². The number of unbranched alkanes of at least 4 members (excludes halogenated alkanes) is 1. The Kier molecular flexibility index (Phi) is 12.3. The number of carbonyl (C=O) groups excluding carboxylic acids is 1. The molecule has 1 aromatic carbocycles. The van der Waals surface area contributed by atoms with E-state index in [4.69, 9.17) is 14.5 Å².